The molecule has 0 amide bonds. The van der Waals surface area contributed by atoms with Gasteiger partial charge in [0, 0.05) is 20.6 Å². The zero-order valence-corrected chi connectivity index (χ0v) is 10.5. The summed E-state index contributed by atoms with van der Waals surface area (Å²) >= 11 is 0. The monoisotopic (exact) mass is 241 g/mol. The minimum absolute atomic E-state index is 0.499. The van der Waals surface area contributed by atoms with Crippen LogP contribution in [0.1, 0.15) is 5.56 Å². The molecule has 0 radical (unpaired) electrons. The van der Waals surface area contributed by atoms with Gasteiger partial charge in [-0.25, -0.2) is 9.97 Å². The molecule has 5 heteroatoms. The summed E-state index contributed by atoms with van der Waals surface area (Å²) in [6, 6.07) is 6.09. The first-order chi connectivity index (χ1) is 8.72. The predicted octanol–water partition coefficient (Wildman–Crippen LogP) is 1.43. The second kappa shape index (κ2) is 3.96. The van der Waals surface area contributed by atoms with Gasteiger partial charge in [-0.15, -0.1) is 0 Å². The van der Waals surface area contributed by atoms with Crippen molar-refractivity contribution in [2.24, 2.45) is 19.8 Å². The molecule has 2 heterocycles. The topological polar surface area (TPSA) is 61.7 Å². The minimum atomic E-state index is 0.499. The number of nitrogens with two attached hydrogens (primary N) is 1. The molecule has 0 saturated carbocycles. The van der Waals surface area contributed by atoms with Crippen molar-refractivity contribution in [3.05, 3.63) is 36.3 Å². The van der Waals surface area contributed by atoms with Gasteiger partial charge in [0.1, 0.15) is 5.69 Å². The van der Waals surface area contributed by atoms with Crippen LogP contribution in [0, 0.1) is 0 Å². The summed E-state index contributed by atoms with van der Waals surface area (Å²) in [7, 11) is 3.98. The quantitative estimate of drug-likeness (QED) is 0.738. The van der Waals surface area contributed by atoms with Crippen molar-refractivity contribution in [3.8, 4) is 11.5 Å². The van der Waals surface area contributed by atoms with E-state index in [2.05, 4.69) is 15.6 Å². The molecule has 0 aliphatic carbocycles. The lowest BCUT2D eigenvalue weighted by atomic mass is 10.2. The van der Waals surface area contributed by atoms with Gasteiger partial charge in [0.2, 0.25) is 0 Å². The first-order valence-corrected chi connectivity index (χ1v) is 5.83. The second-order valence-corrected chi connectivity index (χ2v) is 4.37. The van der Waals surface area contributed by atoms with Crippen molar-refractivity contribution >= 4 is 11.0 Å². The summed E-state index contributed by atoms with van der Waals surface area (Å²) in [5.74, 6) is 0.908. The molecule has 0 fully saturated rings. The average Bonchev–Trinajstić information content (AvgIpc) is 2.93. The van der Waals surface area contributed by atoms with Gasteiger partial charge in [0.25, 0.3) is 0 Å². The second-order valence-electron chi connectivity index (χ2n) is 4.37. The number of imidazole rings is 2. The van der Waals surface area contributed by atoms with Crippen LogP contribution in [0.2, 0.25) is 0 Å². The Hall–Kier alpha value is -2.14. The van der Waals surface area contributed by atoms with Crippen LogP contribution in [0.4, 0.5) is 0 Å². The molecule has 0 saturated heterocycles. The van der Waals surface area contributed by atoms with E-state index < -0.39 is 0 Å². The molecule has 0 atom stereocenters. The highest BCUT2D eigenvalue weighted by Crippen LogP contribution is 2.25. The van der Waals surface area contributed by atoms with E-state index in [0.29, 0.717) is 6.54 Å². The van der Waals surface area contributed by atoms with Crippen molar-refractivity contribution in [1.82, 2.24) is 19.1 Å². The van der Waals surface area contributed by atoms with Gasteiger partial charge in [0.05, 0.1) is 23.6 Å². The van der Waals surface area contributed by atoms with Crippen LogP contribution in [0.5, 0.6) is 0 Å². The highest BCUT2D eigenvalue weighted by atomic mass is 15.1. The summed E-state index contributed by atoms with van der Waals surface area (Å²) < 4.78 is 4.04. The Morgan fingerprint density at radius 1 is 1.28 bits per heavy atom. The highest BCUT2D eigenvalue weighted by molar-refractivity contribution is 5.83. The van der Waals surface area contributed by atoms with Crippen LogP contribution in [-0.4, -0.2) is 19.1 Å². The third kappa shape index (κ3) is 1.44. The number of para-hydroxylation sites is 1. The summed E-state index contributed by atoms with van der Waals surface area (Å²) in [5, 5.41) is 0. The number of rotatable bonds is 2. The molecule has 1 aromatic carbocycles. The van der Waals surface area contributed by atoms with E-state index in [9.17, 15) is 0 Å². The number of hydrogen-bond donors (Lipinski definition) is 1. The number of aryl methyl sites for hydroxylation is 2. The molecule has 0 aliphatic heterocycles. The molecule has 3 rings (SSSR count). The van der Waals surface area contributed by atoms with E-state index in [1.54, 1.807) is 6.33 Å². The normalized spacial score (nSPS) is 11.3. The molecule has 18 heavy (non-hydrogen) atoms. The van der Waals surface area contributed by atoms with Crippen molar-refractivity contribution in [1.29, 1.82) is 0 Å². The summed E-state index contributed by atoms with van der Waals surface area (Å²) in [4.78, 5) is 8.85. The lowest BCUT2D eigenvalue weighted by Gasteiger charge is -2.02. The highest BCUT2D eigenvalue weighted by Gasteiger charge is 2.14. The van der Waals surface area contributed by atoms with Crippen molar-refractivity contribution in [2.75, 3.05) is 0 Å². The van der Waals surface area contributed by atoms with E-state index >= 15 is 0 Å². The van der Waals surface area contributed by atoms with E-state index in [4.69, 9.17) is 10.7 Å². The molecule has 2 aromatic heterocycles. The molecule has 0 unspecified atom stereocenters. The molecule has 2 N–H and O–H groups in total. The van der Waals surface area contributed by atoms with Gasteiger partial charge in [-0.3, -0.25) is 0 Å². The Morgan fingerprint density at radius 2 is 2.11 bits per heavy atom. The number of hydrogen-bond acceptors (Lipinski definition) is 3. The van der Waals surface area contributed by atoms with Crippen LogP contribution in [0.3, 0.4) is 0 Å². The first-order valence-electron chi connectivity index (χ1n) is 5.83. The van der Waals surface area contributed by atoms with Crippen LogP contribution < -0.4 is 5.73 Å². The molecule has 0 bridgehead atoms. The summed E-state index contributed by atoms with van der Waals surface area (Å²) in [6.07, 6.45) is 3.60. The van der Waals surface area contributed by atoms with Gasteiger partial charge in [-0.2, -0.15) is 0 Å². The number of benzene rings is 1. The largest absolute Gasteiger partial charge is 0.331 e. The van der Waals surface area contributed by atoms with Gasteiger partial charge in [-0.05, 0) is 11.6 Å². The third-order valence-electron chi connectivity index (χ3n) is 3.26. The van der Waals surface area contributed by atoms with Crippen LogP contribution >= 0.6 is 0 Å². The Kier molecular flexibility index (Phi) is 2.41. The average molecular weight is 241 g/mol. The number of fused-ring (bicyclic) bond motifs is 1. The fraction of sp³-hybridized carbons (Fsp3) is 0.231. The van der Waals surface area contributed by atoms with Gasteiger partial charge in [0.15, 0.2) is 5.82 Å². The Balaban J connectivity index is 2.32. The fourth-order valence-electron chi connectivity index (χ4n) is 2.24. The molecule has 92 valence electrons. The SMILES string of the molecule is Cn1cncc1-c1nc2c(CN)cccc2n1C. The van der Waals surface area contributed by atoms with Gasteiger partial charge < -0.3 is 14.9 Å². The van der Waals surface area contributed by atoms with Crippen LogP contribution in [0.25, 0.3) is 22.6 Å². The predicted molar refractivity (Wildman–Crippen MR) is 70.8 cm³/mol. The lowest BCUT2D eigenvalue weighted by molar-refractivity contribution is 0.881. The summed E-state index contributed by atoms with van der Waals surface area (Å²) in [5.41, 5.74) is 9.88. The Labute approximate surface area is 105 Å². The number of nitrogens with zero attached hydrogens (tertiary/aromatic N) is 4. The maximum absolute atomic E-state index is 5.76. The lowest BCUT2D eigenvalue weighted by Crippen LogP contribution is -1.97. The van der Waals surface area contributed by atoms with Crippen LogP contribution in [-0.2, 0) is 20.6 Å². The maximum atomic E-state index is 5.76. The fourth-order valence-corrected chi connectivity index (χ4v) is 2.24. The Bertz CT molecular complexity index is 707. The third-order valence-corrected chi connectivity index (χ3v) is 3.26. The van der Waals surface area contributed by atoms with Crippen LogP contribution in [0.15, 0.2) is 30.7 Å². The maximum Gasteiger partial charge on any atom is 0.159 e. The zero-order valence-electron chi connectivity index (χ0n) is 10.5. The molecule has 0 spiro atoms. The molecular weight excluding hydrogens is 226 g/mol. The molecule has 5 nitrogen and oxygen atoms in total. The van der Waals surface area contributed by atoms with E-state index in [-0.39, 0.29) is 0 Å². The minimum Gasteiger partial charge on any atom is -0.331 e. The van der Waals surface area contributed by atoms with E-state index in [0.717, 1.165) is 28.1 Å². The smallest absolute Gasteiger partial charge is 0.159 e. The van der Waals surface area contributed by atoms with Gasteiger partial charge >= 0.3 is 0 Å². The van der Waals surface area contributed by atoms with Crippen molar-refractivity contribution in [2.45, 2.75) is 6.54 Å². The van der Waals surface area contributed by atoms with Crippen molar-refractivity contribution < 1.29 is 0 Å². The molecule has 3 aromatic rings. The molecular formula is C13H15N5. The molecule has 0 aliphatic rings. The number of aromatic nitrogens is 4. The zero-order chi connectivity index (χ0) is 12.7. The first kappa shape index (κ1) is 11.0. The standard InChI is InChI=1S/C13H15N5/c1-17-8-15-7-11(17)13-16-12-9(6-14)4-3-5-10(12)18(13)2/h3-5,7-8H,6,14H2,1-2H3. The Morgan fingerprint density at radius 3 is 2.78 bits per heavy atom. The van der Waals surface area contributed by atoms with E-state index in [1.165, 1.54) is 0 Å². The van der Waals surface area contributed by atoms with Gasteiger partial charge in [-0.1, -0.05) is 12.1 Å². The van der Waals surface area contributed by atoms with E-state index in [1.807, 2.05) is 37.0 Å². The van der Waals surface area contributed by atoms with Crippen molar-refractivity contribution in [3.63, 3.8) is 0 Å². The summed E-state index contributed by atoms with van der Waals surface area (Å²) in [6.45, 7) is 0.499.